The van der Waals surface area contributed by atoms with Gasteiger partial charge in [0.25, 0.3) is 0 Å². The first-order valence-corrected chi connectivity index (χ1v) is 18.5. The van der Waals surface area contributed by atoms with Crippen LogP contribution in [-0.2, 0) is 28.4 Å². The highest BCUT2D eigenvalue weighted by Crippen LogP contribution is 2.53. The van der Waals surface area contributed by atoms with E-state index in [1.807, 2.05) is 0 Å². The second-order valence-electron chi connectivity index (χ2n) is 14.3. The number of phenolic OH excluding ortho intramolecular Hbond substituents is 15. The molecule has 5 aromatic carbocycles. The Labute approximate surface area is 369 Å². The minimum atomic E-state index is -2.60. The van der Waals surface area contributed by atoms with E-state index in [-0.39, 0.29) is 0 Å². The fraction of sp³-hybridized carbons (Fsp3) is 0.146. The van der Waals surface area contributed by atoms with Crippen LogP contribution in [0.2, 0.25) is 0 Å². The average Bonchev–Trinajstić information content (AvgIpc) is 3.27. The molecule has 0 aliphatic carbocycles. The van der Waals surface area contributed by atoms with Crippen LogP contribution in [0.5, 0.6) is 86.2 Å². The minimum absolute atomic E-state index is 0.384. The molecule has 5 aromatic rings. The van der Waals surface area contributed by atoms with Crippen LogP contribution in [0.3, 0.4) is 0 Å². The fourth-order valence-electron chi connectivity index (χ4n) is 6.77. The van der Waals surface area contributed by atoms with E-state index in [2.05, 4.69) is 0 Å². The Balaban J connectivity index is 1.46. The highest BCUT2D eigenvalue weighted by atomic mass is 16.7. The van der Waals surface area contributed by atoms with E-state index >= 15 is 0 Å². The second-order valence-corrected chi connectivity index (χ2v) is 14.3. The summed E-state index contributed by atoms with van der Waals surface area (Å²) in [5.74, 6) is -26.7. The van der Waals surface area contributed by atoms with Crippen molar-refractivity contribution >= 4 is 29.8 Å². The first-order chi connectivity index (χ1) is 31.5. The van der Waals surface area contributed by atoms with Crippen molar-refractivity contribution in [2.24, 2.45) is 0 Å². The van der Waals surface area contributed by atoms with Crippen LogP contribution >= 0.6 is 0 Å². The van der Waals surface area contributed by atoms with Gasteiger partial charge in [0.05, 0.1) is 27.8 Å². The summed E-state index contributed by atoms with van der Waals surface area (Å²) in [7, 11) is 0. The fourth-order valence-corrected chi connectivity index (χ4v) is 6.77. The van der Waals surface area contributed by atoms with Gasteiger partial charge in [-0.25, -0.2) is 24.0 Å². The summed E-state index contributed by atoms with van der Waals surface area (Å²) < 4.78 is 33.5. The zero-order chi connectivity index (χ0) is 49.1. The quantitative estimate of drug-likeness (QED) is 0.0654. The maximum absolute atomic E-state index is 14.3. The molecular formula is C41H30O26. The molecule has 350 valence electrons. The van der Waals surface area contributed by atoms with Gasteiger partial charge in [-0.3, -0.25) is 0 Å². The molecule has 0 saturated carbocycles. The standard InChI is InChI=1S/C41H30O26/c42-15-1-10(2-16(43)26(15)50)36(57)64-33-23-9-62-39(60)13-7-21(48)29(53)31(55)24(13)25-14(8-22(49)30(54)32(25)56)40(61)67-41(63-23)35(66-38(59)12-5-19(46)28(52)20(47)6-12)34(33)65-37(58)11-3-17(44)27(51)18(45)4-11/h1-8,23,33-35,41-56H,9H2. The van der Waals surface area contributed by atoms with Crippen LogP contribution in [0, 0.1) is 0 Å². The Morgan fingerprint density at radius 3 is 1.13 bits per heavy atom. The number of rotatable bonds is 6. The summed E-state index contributed by atoms with van der Waals surface area (Å²) in [4.78, 5) is 69.9. The minimum Gasteiger partial charge on any atom is -0.504 e. The molecule has 2 heterocycles. The number of ether oxygens (including phenoxy) is 6. The average molecular weight is 939 g/mol. The van der Waals surface area contributed by atoms with E-state index < -0.39 is 192 Å². The Morgan fingerprint density at radius 1 is 0.418 bits per heavy atom. The summed E-state index contributed by atoms with van der Waals surface area (Å²) in [5.41, 5.74) is -6.75. The molecule has 1 saturated heterocycles. The normalized spacial score (nSPS) is 19.0. The van der Waals surface area contributed by atoms with Crippen molar-refractivity contribution in [3.05, 3.63) is 76.3 Å². The van der Waals surface area contributed by atoms with Crippen molar-refractivity contribution in [3.63, 3.8) is 0 Å². The van der Waals surface area contributed by atoms with Gasteiger partial charge in [0, 0.05) is 11.1 Å². The third-order valence-electron chi connectivity index (χ3n) is 10.0. The highest BCUT2D eigenvalue weighted by molar-refractivity contribution is 6.08. The van der Waals surface area contributed by atoms with Crippen LogP contribution in [0.25, 0.3) is 11.1 Å². The van der Waals surface area contributed by atoms with Gasteiger partial charge < -0.3 is 105 Å². The van der Waals surface area contributed by atoms with Gasteiger partial charge in [-0.05, 0) is 48.5 Å². The van der Waals surface area contributed by atoms with Crippen LogP contribution in [-0.4, -0.2) is 144 Å². The molecule has 0 spiro atoms. The van der Waals surface area contributed by atoms with Crippen molar-refractivity contribution in [1.29, 1.82) is 0 Å². The van der Waals surface area contributed by atoms with E-state index in [1.54, 1.807) is 0 Å². The van der Waals surface area contributed by atoms with Crippen molar-refractivity contribution in [2.75, 3.05) is 6.61 Å². The summed E-state index contributed by atoms with van der Waals surface area (Å²) in [6.45, 7) is -1.28. The second kappa shape index (κ2) is 16.8. The smallest absolute Gasteiger partial charge is 0.341 e. The molecule has 0 radical (unpaired) electrons. The molecule has 5 atom stereocenters. The topological polar surface area (TPSA) is 444 Å². The van der Waals surface area contributed by atoms with Gasteiger partial charge in [-0.1, -0.05) is 0 Å². The van der Waals surface area contributed by atoms with Crippen LogP contribution < -0.4 is 0 Å². The number of fused-ring (bicyclic) bond motifs is 5. The number of carbonyl (C=O) groups excluding carboxylic acids is 5. The number of hydrogen-bond acceptors (Lipinski definition) is 26. The third-order valence-corrected chi connectivity index (χ3v) is 10.0. The lowest BCUT2D eigenvalue weighted by Crippen LogP contribution is -2.63. The lowest BCUT2D eigenvalue weighted by Gasteiger charge is -2.44. The molecule has 2 aliphatic heterocycles. The number of cyclic esters (lactones) is 1. The number of carbonyl (C=O) groups is 5. The number of benzene rings is 5. The van der Waals surface area contributed by atoms with Gasteiger partial charge in [-0.2, -0.15) is 0 Å². The van der Waals surface area contributed by atoms with E-state index in [4.69, 9.17) is 28.4 Å². The van der Waals surface area contributed by atoms with Crippen LogP contribution in [0.1, 0.15) is 51.8 Å². The number of aromatic hydroxyl groups is 15. The van der Waals surface area contributed by atoms with Gasteiger partial charge in [0.15, 0.2) is 87.0 Å². The molecule has 0 amide bonds. The Kier molecular flexibility index (Phi) is 11.4. The summed E-state index contributed by atoms with van der Waals surface area (Å²) >= 11 is 0. The molecule has 2 aliphatic rings. The van der Waals surface area contributed by atoms with Gasteiger partial charge in [-0.15, -0.1) is 0 Å². The number of hydrogen-bond donors (Lipinski definition) is 15. The highest BCUT2D eigenvalue weighted by Gasteiger charge is 2.55. The van der Waals surface area contributed by atoms with Crippen molar-refractivity contribution in [1.82, 2.24) is 0 Å². The molecular weight excluding hydrogens is 908 g/mol. The van der Waals surface area contributed by atoms with Crippen LogP contribution in [0.4, 0.5) is 0 Å². The molecule has 67 heavy (non-hydrogen) atoms. The monoisotopic (exact) mass is 938 g/mol. The summed E-state index contributed by atoms with van der Waals surface area (Å²) in [5, 5.41) is 155. The Bertz CT molecular complexity index is 2870. The number of esters is 5. The predicted octanol–water partition coefficient (Wildman–Crippen LogP) is 1.67. The first kappa shape index (κ1) is 45.4. The lowest BCUT2D eigenvalue weighted by molar-refractivity contribution is -0.282. The van der Waals surface area contributed by atoms with E-state index in [9.17, 15) is 101 Å². The lowest BCUT2D eigenvalue weighted by atomic mass is 9.91. The van der Waals surface area contributed by atoms with Crippen molar-refractivity contribution < 1.29 is 129 Å². The van der Waals surface area contributed by atoms with Gasteiger partial charge in [0.2, 0.25) is 23.9 Å². The van der Waals surface area contributed by atoms with Crippen molar-refractivity contribution in [3.8, 4) is 97.4 Å². The first-order valence-electron chi connectivity index (χ1n) is 18.5. The van der Waals surface area contributed by atoms with Gasteiger partial charge in [0.1, 0.15) is 12.7 Å². The summed E-state index contributed by atoms with van der Waals surface area (Å²) in [6, 6.07) is 4.09. The molecule has 7 rings (SSSR count). The number of phenols is 15. The predicted molar refractivity (Wildman–Crippen MR) is 208 cm³/mol. The van der Waals surface area contributed by atoms with Gasteiger partial charge >= 0.3 is 29.8 Å². The molecule has 5 unspecified atom stereocenters. The Morgan fingerprint density at radius 2 is 0.746 bits per heavy atom. The molecule has 0 aromatic heterocycles. The molecule has 15 N–H and O–H groups in total. The zero-order valence-corrected chi connectivity index (χ0v) is 32.9. The summed E-state index contributed by atoms with van der Waals surface area (Å²) in [6.07, 6.45) is -12.3. The zero-order valence-electron chi connectivity index (χ0n) is 32.9. The third kappa shape index (κ3) is 8.12. The van der Waals surface area contributed by atoms with Crippen molar-refractivity contribution in [2.45, 2.75) is 30.7 Å². The van der Waals surface area contributed by atoms with E-state index in [1.165, 1.54) is 0 Å². The SMILES string of the molecule is O=C(OC1C2COC(=O)c3cc(O)c(O)c(O)c3-c3c(cc(O)c(O)c3O)C(=O)OC(O2)C(OC(=O)c2cc(O)c(O)c(O)c2)C1OC(=O)c1cc(O)c(O)c(O)c1)c1cc(O)c(O)c(O)c1. The molecule has 2 bridgehead atoms. The Hall–Kier alpha value is -9.59. The van der Waals surface area contributed by atoms with Crippen LogP contribution in [0.15, 0.2) is 48.5 Å². The largest absolute Gasteiger partial charge is 0.504 e. The maximum Gasteiger partial charge on any atom is 0.341 e. The molecule has 1 fully saturated rings. The van der Waals surface area contributed by atoms with E-state index in [0.717, 1.165) is 0 Å². The van der Waals surface area contributed by atoms with E-state index in [0.29, 0.717) is 48.5 Å². The maximum atomic E-state index is 14.3. The molecule has 26 nitrogen and oxygen atoms in total. The molecule has 26 heteroatoms.